The van der Waals surface area contributed by atoms with Crippen LogP contribution in [-0.2, 0) is 4.79 Å². The minimum Gasteiger partial charge on any atom is -0.324 e. The van der Waals surface area contributed by atoms with Crippen LogP contribution < -0.4 is 10.9 Å². The highest BCUT2D eigenvalue weighted by Crippen LogP contribution is 2.21. The summed E-state index contributed by atoms with van der Waals surface area (Å²) >= 11 is 5.73. The molecular formula is C18H15ClFN3O2. The SMILES string of the molecule is CC[C@H](C(=O)Nc1ccc(F)c(Cl)c1)n1cnc2ccccc2c1=O. The molecule has 25 heavy (non-hydrogen) atoms. The van der Waals surface area contributed by atoms with E-state index < -0.39 is 17.8 Å². The first-order chi connectivity index (χ1) is 12.0. The molecule has 0 fully saturated rings. The maximum absolute atomic E-state index is 13.2. The second kappa shape index (κ2) is 7.03. The van der Waals surface area contributed by atoms with Gasteiger partial charge in [0.15, 0.2) is 0 Å². The molecule has 1 aromatic heterocycles. The van der Waals surface area contributed by atoms with Crippen LogP contribution in [-0.4, -0.2) is 15.5 Å². The van der Waals surface area contributed by atoms with Crippen molar-refractivity contribution in [2.24, 2.45) is 0 Å². The molecule has 3 aromatic rings. The van der Waals surface area contributed by atoms with Crippen molar-refractivity contribution in [1.82, 2.24) is 9.55 Å². The molecule has 0 aliphatic rings. The number of nitrogens with zero attached hydrogens (tertiary/aromatic N) is 2. The van der Waals surface area contributed by atoms with Crippen LogP contribution in [0.15, 0.2) is 53.6 Å². The van der Waals surface area contributed by atoms with Crippen molar-refractivity contribution < 1.29 is 9.18 Å². The lowest BCUT2D eigenvalue weighted by molar-refractivity contribution is -0.119. The van der Waals surface area contributed by atoms with E-state index in [-0.39, 0.29) is 10.6 Å². The van der Waals surface area contributed by atoms with Crippen molar-refractivity contribution in [3.05, 3.63) is 70.0 Å². The smallest absolute Gasteiger partial charge is 0.261 e. The second-order valence-electron chi connectivity index (χ2n) is 5.52. The van der Waals surface area contributed by atoms with E-state index in [0.717, 1.165) is 0 Å². The van der Waals surface area contributed by atoms with Crippen LogP contribution in [0.4, 0.5) is 10.1 Å². The van der Waals surface area contributed by atoms with Gasteiger partial charge in [-0.2, -0.15) is 0 Å². The zero-order valence-electron chi connectivity index (χ0n) is 13.4. The molecule has 5 nitrogen and oxygen atoms in total. The number of benzene rings is 2. The zero-order chi connectivity index (χ0) is 18.0. The van der Waals surface area contributed by atoms with Crippen LogP contribution in [0.3, 0.4) is 0 Å². The van der Waals surface area contributed by atoms with E-state index in [2.05, 4.69) is 10.3 Å². The fourth-order valence-electron chi connectivity index (χ4n) is 2.61. The van der Waals surface area contributed by atoms with E-state index in [1.807, 2.05) is 0 Å². The van der Waals surface area contributed by atoms with Gasteiger partial charge in [-0.15, -0.1) is 0 Å². The summed E-state index contributed by atoms with van der Waals surface area (Å²) in [5.41, 5.74) is 0.644. The number of carbonyl (C=O) groups excluding carboxylic acids is 1. The Labute approximate surface area is 148 Å². The molecular weight excluding hydrogens is 345 g/mol. The Morgan fingerprint density at radius 1 is 1.32 bits per heavy atom. The minimum atomic E-state index is -0.742. The van der Waals surface area contributed by atoms with Crippen LogP contribution in [0.1, 0.15) is 19.4 Å². The van der Waals surface area contributed by atoms with E-state index >= 15 is 0 Å². The topological polar surface area (TPSA) is 64.0 Å². The van der Waals surface area contributed by atoms with E-state index in [1.54, 1.807) is 31.2 Å². The molecule has 0 bridgehead atoms. The Morgan fingerprint density at radius 2 is 2.08 bits per heavy atom. The normalized spacial score (nSPS) is 12.1. The van der Waals surface area contributed by atoms with Crippen molar-refractivity contribution >= 4 is 34.1 Å². The summed E-state index contributed by atoms with van der Waals surface area (Å²) in [7, 11) is 0. The first-order valence-electron chi connectivity index (χ1n) is 7.73. The summed E-state index contributed by atoms with van der Waals surface area (Å²) < 4.78 is 14.5. The van der Waals surface area contributed by atoms with Crippen LogP contribution >= 0.6 is 11.6 Å². The molecule has 1 N–H and O–H groups in total. The predicted octanol–water partition coefficient (Wildman–Crippen LogP) is 3.78. The standard InChI is InChI=1S/C18H15ClFN3O2/c1-2-16(17(24)22-11-7-8-14(20)13(19)9-11)23-10-21-15-6-4-3-5-12(15)18(23)25/h3-10,16H,2H2,1H3,(H,22,24)/t16-/m1/s1. The molecule has 7 heteroatoms. The third-order valence-electron chi connectivity index (χ3n) is 3.90. The first kappa shape index (κ1) is 17.1. The molecule has 128 valence electrons. The number of rotatable bonds is 4. The number of nitrogens with one attached hydrogen (secondary N) is 1. The highest BCUT2D eigenvalue weighted by atomic mass is 35.5. The number of hydrogen-bond acceptors (Lipinski definition) is 3. The van der Waals surface area contributed by atoms with Gasteiger partial charge in [0.2, 0.25) is 5.91 Å². The predicted molar refractivity (Wildman–Crippen MR) is 95.4 cm³/mol. The molecule has 0 unspecified atom stereocenters. The van der Waals surface area contributed by atoms with Crippen molar-refractivity contribution in [2.45, 2.75) is 19.4 Å². The van der Waals surface area contributed by atoms with Crippen LogP contribution in [0.25, 0.3) is 10.9 Å². The summed E-state index contributed by atoms with van der Waals surface area (Å²) in [6.45, 7) is 1.80. The molecule has 0 spiro atoms. The van der Waals surface area contributed by atoms with Crippen molar-refractivity contribution in [2.75, 3.05) is 5.32 Å². The number of halogens is 2. The minimum absolute atomic E-state index is 0.0876. The van der Waals surface area contributed by atoms with Gasteiger partial charge in [-0.3, -0.25) is 14.2 Å². The van der Waals surface area contributed by atoms with Crippen molar-refractivity contribution in [3.63, 3.8) is 0 Å². The van der Waals surface area contributed by atoms with E-state index in [0.29, 0.717) is 23.0 Å². The molecule has 1 amide bonds. The zero-order valence-corrected chi connectivity index (χ0v) is 14.1. The number of anilines is 1. The molecule has 0 radical (unpaired) electrons. The Bertz CT molecular complexity index is 1000. The van der Waals surface area contributed by atoms with Gasteiger partial charge in [-0.05, 0) is 36.8 Å². The van der Waals surface area contributed by atoms with Crippen molar-refractivity contribution in [1.29, 1.82) is 0 Å². The number of fused-ring (bicyclic) bond motifs is 1. The summed E-state index contributed by atoms with van der Waals surface area (Å²) in [6, 6.07) is 10.1. The Morgan fingerprint density at radius 3 is 2.80 bits per heavy atom. The van der Waals surface area contributed by atoms with Crippen LogP contribution in [0, 0.1) is 5.82 Å². The number of hydrogen-bond donors (Lipinski definition) is 1. The summed E-state index contributed by atoms with van der Waals surface area (Å²) in [4.78, 5) is 29.5. The lowest BCUT2D eigenvalue weighted by Gasteiger charge is -2.18. The quantitative estimate of drug-likeness (QED) is 0.771. The van der Waals surface area contributed by atoms with Gasteiger partial charge >= 0.3 is 0 Å². The van der Waals surface area contributed by atoms with Gasteiger partial charge in [0.05, 0.1) is 22.3 Å². The van der Waals surface area contributed by atoms with Crippen LogP contribution in [0.2, 0.25) is 5.02 Å². The average molecular weight is 360 g/mol. The van der Waals surface area contributed by atoms with E-state index in [9.17, 15) is 14.0 Å². The maximum Gasteiger partial charge on any atom is 0.261 e. The summed E-state index contributed by atoms with van der Waals surface area (Å²) in [5, 5.41) is 3.02. The second-order valence-corrected chi connectivity index (χ2v) is 5.92. The van der Waals surface area contributed by atoms with Gasteiger partial charge in [-0.1, -0.05) is 30.7 Å². The van der Waals surface area contributed by atoms with Crippen molar-refractivity contribution in [3.8, 4) is 0 Å². The number of amides is 1. The Balaban J connectivity index is 1.94. The average Bonchev–Trinajstić information content (AvgIpc) is 2.61. The molecule has 1 heterocycles. The van der Waals surface area contributed by atoms with E-state index in [4.69, 9.17) is 11.6 Å². The van der Waals surface area contributed by atoms with Gasteiger partial charge in [0, 0.05) is 5.69 Å². The highest BCUT2D eigenvalue weighted by molar-refractivity contribution is 6.31. The summed E-state index contributed by atoms with van der Waals surface area (Å²) in [6.07, 6.45) is 1.76. The molecule has 3 rings (SSSR count). The Hall–Kier alpha value is -2.73. The van der Waals surface area contributed by atoms with E-state index in [1.165, 1.54) is 29.1 Å². The first-order valence-corrected chi connectivity index (χ1v) is 8.11. The third kappa shape index (κ3) is 3.39. The van der Waals surface area contributed by atoms with Gasteiger partial charge in [0.25, 0.3) is 5.56 Å². The van der Waals surface area contributed by atoms with Gasteiger partial charge in [-0.25, -0.2) is 9.37 Å². The fourth-order valence-corrected chi connectivity index (χ4v) is 2.79. The van der Waals surface area contributed by atoms with Gasteiger partial charge < -0.3 is 5.32 Å². The van der Waals surface area contributed by atoms with Gasteiger partial charge in [0.1, 0.15) is 11.9 Å². The summed E-state index contributed by atoms with van der Waals surface area (Å²) in [5.74, 6) is -0.967. The lowest BCUT2D eigenvalue weighted by Crippen LogP contribution is -2.33. The molecule has 0 saturated heterocycles. The molecule has 0 aliphatic heterocycles. The number of carbonyl (C=O) groups is 1. The third-order valence-corrected chi connectivity index (χ3v) is 4.19. The number of para-hydroxylation sites is 1. The monoisotopic (exact) mass is 359 g/mol. The Kier molecular flexibility index (Phi) is 4.81. The molecule has 2 aromatic carbocycles. The largest absolute Gasteiger partial charge is 0.324 e. The van der Waals surface area contributed by atoms with Crippen LogP contribution in [0.5, 0.6) is 0 Å². The fraction of sp³-hybridized carbons (Fsp3) is 0.167. The number of aromatic nitrogens is 2. The molecule has 0 aliphatic carbocycles. The molecule has 0 saturated carbocycles. The highest BCUT2D eigenvalue weighted by Gasteiger charge is 2.21. The lowest BCUT2D eigenvalue weighted by atomic mass is 10.1. The maximum atomic E-state index is 13.2. The molecule has 1 atom stereocenters.